The van der Waals surface area contributed by atoms with E-state index >= 15 is 0 Å². The highest BCUT2D eigenvalue weighted by molar-refractivity contribution is 7.16. The van der Waals surface area contributed by atoms with E-state index in [2.05, 4.69) is 18.3 Å². The molecule has 16 heavy (non-hydrogen) atoms. The van der Waals surface area contributed by atoms with Crippen molar-refractivity contribution in [3.63, 3.8) is 0 Å². The Balaban J connectivity index is 2.33. The third-order valence-corrected chi connectivity index (χ3v) is 3.78. The first-order chi connectivity index (χ1) is 7.43. The molecule has 2 N–H and O–H groups in total. The molecule has 1 aromatic heterocycles. The summed E-state index contributed by atoms with van der Waals surface area (Å²) in [6.07, 6.45) is 2.09. The maximum absolute atomic E-state index is 9.15. The smallest absolute Gasteiger partial charge is 0.0931 e. The number of thiophene rings is 1. The molecule has 0 spiro atoms. The van der Waals surface area contributed by atoms with Crippen LogP contribution in [0.5, 0.6) is 0 Å². The van der Waals surface area contributed by atoms with Gasteiger partial charge in [-0.3, -0.25) is 0 Å². The summed E-state index contributed by atoms with van der Waals surface area (Å²) in [4.78, 5) is 1.32. The molecule has 0 bridgehead atoms. The highest BCUT2D eigenvalue weighted by atomic mass is 35.5. The molecule has 4 heteroatoms. The van der Waals surface area contributed by atoms with E-state index in [9.17, 15) is 0 Å². The van der Waals surface area contributed by atoms with Gasteiger partial charge in [0.1, 0.15) is 0 Å². The van der Waals surface area contributed by atoms with Crippen LogP contribution in [0.3, 0.4) is 0 Å². The normalized spacial score (nSPS) is 14.1. The van der Waals surface area contributed by atoms with Crippen molar-refractivity contribution in [2.45, 2.75) is 45.2 Å². The van der Waals surface area contributed by atoms with Crippen LogP contribution in [0.25, 0.3) is 0 Å². The van der Waals surface area contributed by atoms with Gasteiger partial charge in [0.2, 0.25) is 0 Å². The van der Waals surface area contributed by atoms with Gasteiger partial charge in [0, 0.05) is 16.5 Å². The van der Waals surface area contributed by atoms with Crippen molar-refractivity contribution in [2.24, 2.45) is 0 Å². The van der Waals surface area contributed by atoms with Crippen molar-refractivity contribution in [2.75, 3.05) is 6.61 Å². The molecule has 0 aliphatic carbocycles. The number of hydrogen-bond acceptors (Lipinski definition) is 3. The van der Waals surface area contributed by atoms with Crippen LogP contribution in [-0.4, -0.2) is 23.3 Å². The van der Waals surface area contributed by atoms with Crippen molar-refractivity contribution >= 4 is 22.9 Å². The fourth-order valence-electron chi connectivity index (χ4n) is 1.63. The molecule has 1 aromatic rings. The van der Waals surface area contributed by atoms with Gasteiger partial charge >= 0.3 is 0 Å². The van der Waals surface area contributed by atoms with Gasteiger partial charge in [-0.05, 0) is 45.7 Å². The second-order valence-corrected chi connectivity index (χ2v) is 6.63. The Labute approximate surface area is 107 Å². The molecule has 0 amide bonds. The number of aliphatic hydroxyl groups is 1. The summed E-state index contributed by atoms with van der Waals surface area (Å²) in [6, 6.07) is 4.41. The molecule has 0 fully saturated rings. The van der Waals surface area contributed by atoms with Gasteiger partial charge in [-0.25, -0.2) is 0 Å². The topological polar surface area (TPSA) is 32.3 Å². The molecule has 1 heterocycles. The molecule has 0 radical (unpaired) electrons. The van der Waals surface area contributed by atoms with Gasteiger partial charge < -0.3 is 10.4 Å². The summed E-state index contributed by atoms with van der Waals surface area (Å²) < 4.78 is 0.853. The van der Waals surface area contributed by atoms with Crippen LogP contribution in [0, 0.1) is 0 Å². The standard InChI is InChI=1S/C12H20ClNOS/c1-9(14-12(2,3)8-15)4-5-10-6-7-11(13)16-10/h6-7,9,14-15H,4-5,8H2,1-3H3. The van der Waals surface area contributed by atoms with Crippen LogP contribution in [0.15, 0.2) is 12.1 Å². The summed E-state index contributed by atoms with van der Waals surface area (Å²) in [5, 5.41) is 12.6. The minimum Gasteiger partial charge on any atom is -0.394 e. The monoisotopic (exact) mass is 261 g/mol. The fourth-order valence-corrected chi connectivity index (χ4v) is 2.73. The first-order valence-electron chi connectivity index (χ1n) is 5.56. The number of aliphatic hydroxyl groups excluding tert-OH is 1. The second kappa shape index (κ2) is 6.01. The van der Waals surface area contributed by atoms with Crippen LogP contribution >= 0.6 is 22.9 Å². The Hall–Kier alpha value is -0.0900. The van der Waals surface area contributed by atoms with Gasteiger partial charge in [-0.2, -0.15) is 0 Å². The number of hydrogen-bond donors (Lipinski definition) is 2. The average molecular weight is 262 g/mol. The van der Waals surface area contributed by atoms with Gasteiger partial charge in [0.05, 0.1) is 10.9 Å². The van der Waals surface area contributed by atoms with E-state index in [4.69, 9.17) is 16.7 Å². The van der Waals surface area contributed by atoms with Crippen molar-refractivity contribution in [1.29, 1.82) is 0 Å². The molecule has 1 atom stereocenters. The van der Waals surface area contributed by atoms with Gasteiger partial charge in [0.25, 0.3) is 0 Å². The highest BCUT2D eigenvalue weighted by Gasteiger charge is 2.18. The Bertz CT molecular complexity index is 325. The number of rotatable bonds is 6. The lowest BCUT2D eigenvalue weighted by Crippen LogP contribution is -2.47. The molecule has 0 saturated heterocycles. The Morgan fingerprint density at radius 3 is 2.69 bits per heavy atom. The number of nitrogens with one attached hydrogen (secondary N) is 1. The summed E-state index contributed by atoms with van der Waals surface area (Å²) >= 11 is 7.52. The van der Waals surface area contributed by atoms with Crippen molar-refractivity contribution in [1.82, 2.24) is 5.32 Å². The van der Waals surface area contributed by atoms with E-state index in [1.54, 1.807) is 11.3 Å². The number of halogens is 1. The largest absolute Gasteiger partial charge is 0.394 e. The van der Waals surface area contributed by atoms with E-state index in [0.717, 1.165) is 17.2 Å². The van der Waals surface area contributed by atoms with Crippen molar-refractivity contribution in [3.05, 3.63) is 21.3 Å². The summed E-state index contributed by atoms with van der Waals surface area (Å²) in [5.74, 6) is 0. The van der Waals surface area contributed by atoms with E-state index < -0.39 is 0 Å². The van der Waals surface area contributed by atoms with E-state index in [0.29, 0.717) is 6.04 Å². The Morgan fingerprint density at radius 1 is 1.50 bits per heavy atom. The Morgan fingerprint density at radius 2 is 2.19 bits per heavy atom. The molecule has 1 rings (SSSR count). The molecule has 0 saturated carbocycles. The molecular weight excluding hydrogens is 242 g/mol. The van der Waals surface area contributed by atoms with Gasteiger partial charge in [0.15, 0.2) is 0 Å². The molecule has 0 aliphatic rings. The third kappa shape index (κ3) is 4.83. The van der Waals surface area contributed by atoms with Gasteiger partial charge in [-0.15, -0.1) is 11.3 Å². The van der Waals surface area contributed by atoms with Crippen molar-refractivity contribution < 1.29 is 5.11 Å². The highest BCUT2D eigenvalue weighted by Crippen LogP contribution is 2.23. The molecular formula is C12H20ClNOS. The molecule has 1 unspecified atom stereocenters. The number of aryl methyl sites for hydroxylation is 1. The summed E-state index contributed by atoms with van der Waals surface area (Å²) in [7, 11) is 0. The SMILES string of the molecule is CC(CCc1ccc(Cl)s1)NC(C)(C)CO. The lowest BCUT2D eigenvalue weighted by Gasteiger charge is -2.28. The van der Waals surface area contributed by atoms with Gasteiger partial charge in [-0.1, -0.05) is 11.6 Å². The molecule has 92 valence electrons. The Kier molecular flexibility index (Phi) is 5.25. The third-order valence-electron chi connectivity index (χ3n) is 2.49. The molecule has 2 nitrogen and oxygen atoms in total. The molecule has 0 aliphatic heterocycles. The zero-order chi connectivity index (χ0) is 12.2. The predicted octanol–water partition coefficient (Wildman–Crippen LogP) is 3.08. The van der Waals surface area contributed by atoms with Crippen LogP contribution in [-0.2, 0) is 6.42 Å². The van der Waals surface area contributed by atoms with Crippen molar-refractivity contribution in [3.8, 4) is 0 Å². The van der Waals surface area contributed by atoms with Crippen LogP contribution in [0.4, 0.5) is 0 Å². The first kappa shape index (κ1) is 14.0. The van der Waals surface area contributed by atoms with Crippen LogP contribution in [0.1, 0.15) is 32.1 Å². The lowest BCUT2D eigenvalue weighted by molar-refractivity contribution is 0.176. The van der Waals surface area contributed by atoms with E-state index in [1.807, 2.05) is 19.9 Å². The quantitative estimate of drug-likeness (QED) is 0.825. The molecule has 0 aromatic carbocycles. The summed E-state index contributed by atoms with van der Waals surface area (Å²) in [5.41, 5.74) is -0.202. The second-order valence-electron chi connectivity index (χ2n) is 4.83. The minimum absolute atomic E-state index is 0.155. The fraction of sp³-hybridized carbons (Fsp3) is 0.667. The van der Waals surface area contributed by atoms with Crippen LogP contribution in [0.2, 0.25) is 4.34 Å². The average Bonchev–Trinajstić information content (AvgIpc) is 2.61. The maximum atomic E-state index is 9.15. The minimum atomic E-state index is -0.202. The van der Waals surface area contributed by atoms with E-state index in [1.165, 1.54) is 4.88 Å². The zero-order valence-electron chi connectivity index (χ0n) is 10.1. The maximum Gasteiger partial charge on any atom is 0.0931 e. The van der Waals surface area contributed by atoms with E-state index in [-0.39, 0.29) is 12.1 Å². The first-order valence-corrected chi connectivity index (χ1v) is 6.75. The zero-order valence-corrected chi connectivity index (χ0v) is 11.7. The lowest BCUT2D eigenvalue weighted by atomic mass is 10.0. The summed E-state index contributed by atoms with van der Waals surface area (Å²) in [6.45, 7) is 6.31. The van der Waals surface area contributed by atoms with Crippen LogP contribution < -0.4 is 5.32 Å². The predicted molar refractivity (Wildman–Crippen MR) is 71.4 cm³/mol.